The molecule has 0 radical (unpaired) electrons. The first kappa shape index (κ1) is 15.6. The Labute approximate surface area is 133 Å². The molecule has 23 heavy (non-hydrogen) atoms. The van der Waals surface area contributed by atoms with E-state index in [1.165, 1.54) is 23.0 Å². The van der Waals surface area contributed by atoms with Crippen LogP contribution in [0, 0.1) is 11.7 Å². The average molecular weight is 318 g/mol. The van der Waals surface area contributed by atoms with E-state index in [2.05, 4.69) is 15.6 Å². The molecule has 1 saturated carbocycles. The fourth-order valence-electron chi connectivity index (χ4n) is 2.87. The van der Waals surface area contributed by atoms with Crippen molar-refractivity contribution < 1.29 is 14.3 Å². The maximum absolute atomic E-state index is 13.2. The number of benzene rings is 1. The van der Waals surface area contributed by atoms with Gasteiger partial charge in [-0.25, -0.2) is 9.07 Å². The second-order valence-electron chi connectivity index (χ2n) is 5.90. The Morgan fingerprint density at radius 3 is 3.04 bits per heavy atom. The molecule has 1 amide bonds. The Hall–Kier alpha value is -2.28. The monoisotopic (exact) mass is 318 g/mol. The van der Waals surface area contributed by atoms with Crippen molar-refractivity contribution in [3.05, 3.63) is 47.5 Å². The molecule has 3 rings (SSSR count). The Bertz CT molecular complexity index is 688. The number of halogens is 1. The number of carbonyl (C=O) groups is 1. The van der Waals surface area contributed by atoms with Crippen molar-refractivity contribution in [2.24, 2.45) is 5.92 Å². The van der Waals surface area contributed by atoms with Gasteiger partial charge in [0.2, 0.25) is 0 Å². The molecular formula is C16H19FN4O2. The lowest BCUT2D eigenvalue weighted by atomic mass is 10.1. The molecule has 7 heteroatoms. The van der Waals surface area contributed by atoms with E-state index in [-0.39, 0.29) is 29.4 Å². The third kappa shape index (κ3) is 3.92. The van der Waals surface area contributed by atoms with Crippen LogP contribution in [0.5, 0.6) is 0 Å². The molecule has 0 aliphatic heterocycles. The SMILES string of the molecule is O=C(NCC1CCCC1O)c1cn(Cc2cccc(F)c2)nn1. The Kier molecular flexibility index (Phi) is 4.66. The van der Waals surface area contributed by atoms with Crippen LogP contribution in [0.2, 0.25) is 0 Å². The van der Waals surface area contributed by atoms with E-state index in [1.807, 2.05) is 0 Å². The molecule has 1 fully saturated rings. The quantitative estimate of drug-likeness (QED) is 0.872. The first-order chi connectivity index (χ1) is 11.1. The van der Waals surface area contributed by atoms with Crippen LogP contribution >= 0.6 is 0 Å². The fourth-order valence-corrected chi connectivity index (χ4v) is 2.87. The van der Waals surface area contributed by atoms with Crippen LogP contribution in [-0.4, -0.2) is 38.7 Å². The van der Waals surface area contributed by atoms with Crippen LogP contribution < -0.4 is 5.32 Å². The van der Waals surface area contributed by atoms with Gasteiger partial charge in [-0.2, -0.15) is 0 Å². The molecule has 0 saturated heterocycles. The summed E-state index contributed by atoms with van der Waals surface area (Å²) in [5, 5.41) is 20.3. The second kappa shape index (κ2) is 6.87. The predicted octanol–water partition coefficient (Wildman–Crippen LogP) is 1.36. The van der Waals surface area contributed by atoms with Crippen molar-refractivity contribution in [3.63, 3.8) is 0 Å². The summed E-state index contributed by atoms with van der Waals surface area (Å²) in [6.45, 7) is 0.788. The number of aliphatic hydroxyl groups is 1. The zero-order valence-corrected chi connectivity index (χ0v) is 12.7. The number of aliphatic hydroxyl groups excluding tert-OH is 1. The van der Waals surface area contributed by atoms with Gasteiger partial charge in [0.15, 0.2) is 5.69 Å². The van der Waals surface area contributed by atoms with Gasteiger partial charge >= 0.3 is 0 Å². The first-order valence-electron chi connectivity index (χ1n) is 7.72. The fraction of sp³-hybridized carbons (Fsp3) is 0.438. The molecule has 1 heterocycles. The summed E-state index contributed by atoms with van der Waals surface area (Å²) >= 11 is 0. The molecule has 2 aromatic rings. The van der Waals surface area contributed by atoms with Crippen LogP contribution in [0.25, 0.3) is 0 Å². The van der Waals surface area contributed by atoms with Gasteiger partial charge in [0.1, 0.15) is 5.82 Å². The minimum Gasteiger partial charge on any atom is -0.393 e. The van der Waals surface area contributed by atoms with Crippen LogP contribution in [0.15, 0.2) is 30.5 Å². The van der Waals surface area contributed by atoms with Gasteiger partial charge in [-0.1, -0.05) is 23.8 Å². The standard InChI is InChI=1S/C16H19FN4O2/c17-13-5-1-3-11(7-13)9-21-10-14(19-20-21)16(23)18-8-12-4-2-6-15(12)22/h1,3,5,7,10,12,15,22H,2,4,6,8-9H2,(H,18,23). The second-order valence-corrected chi connectivity index (χ2v) is 5.90. The lowest BCUT2D eigenvalue weighted by Crippen LogP contribution is -2.32. The summed E-state index contributed by atoms with van der Waals surface area (Å²) in [4.78, 5) is 12.1. The highest BCUT2D eigenvalue weighted by Gasteiger charge is 2.25. The minimum absolute atomic E-state index is 0.112. The van der Waals surface area contributed by atoms with Crippen molar-refractivity contribution in [2.75, 3.05) is 6.54 Å². The summed E-state index contributed by atoms with van der Waals surface area (Å²) in [6.07, 6.45) is 3.91. The molecule has 6 nitrogen and oxygen atoms in total. The summed E-state index contributed by atoms with van der Waals surface area (Å²) in [5.74, 6) is -0.508. The zero-order chi connectivity index (χ0) is 16.2. The van der Waals surface area contributed by atoms with Crippen LogP contribution in [0.3, 0.4) is 0 Å². The Morgan fingerprint density at radius 1 is 1.43 bits per heavy atom. The summed E-state index contributed by atoms with van der Waals surface area (Å²) in [7, 11) is 0. The molecule has 1 aromatic carbocycles. The third-order valence-corrected chi connectivity index (χ3v) is 4.15. The number of nitrogens with one attached hydrogen (secondary N) is 1. The van der Waals surface area contributed by atoms with Gasteiger partial charge in [0.05, 0.1) is 18.8 Å². The molecular weight excluding hydrogens is 299 g/mol. The molecule has 1 aliphatic rings. The van der Waals surface area contributed by atoms with Crippen molar-refractivity contribution >= 4 is 5.91 Å². The van der Waals surface area contributed by atoms with Crippen molar-refractivity contribution in [3.8, 4) is 0 Å². The third-order valence-electron chi connectivity index (χ3n) is 4.15. The normalized spacial score (nSPS) is 20.6. The molecule has 2 N–H and O–H groups in total. The van der Waals surface area contributed by atoms with Crippen LogP contribution in [-0.2, 0) is 6.54 Å². The number of hydrogen-bond acceptors (Lipinski definition) is 4. The highest BCUT2D eigenvalue weighted by atomic mass is 19.1. The van der Waals surface area contributed by atoms with E-state index in [1.54, 1.807) is 12.1 Å². The molecule has 2 unspecified atom stereocenters. The summed E-state index contributed by atoms with van der Waals surface area (Å²) in [5.41, 5.74) is 0.963. The lowest BCUT2D eigenvalue weighted by Gasteiger charge is -2.14. The van der Waals surface area contributed by atoms with E-state index >= 15 is 0 Å². The van der Waals surface area contributed by atoms with Gasteiger partial charge in [0.25, 0.3) is 5.91 Å². The van der Waals surface area contributed by atoms with Crippen molar-refractivity contribution in [1.29, 1.82) is 0 Å². The topological polar surface area (TPSA) is 80.0 Å². The van der Waals surface area contributed by atoms with Gasteiger partial charge in [-0.05, 0) is 30.5 Å². The smallest absolute Gasteiger partial charge is 0.273 e. The van der Waals surface area contributed by atoms with E-state index in [9.17, 15) is 14.3 Å². The maximum atomic E-state index is 13.2. The van der Waals surface area contributed by atoms with Crippen molar-refractivity contribution in [1.82, 2.24) is 20.3 Å². The Morgan fingerprint density at radius 2 is 2.30 bits per heavy atom. The zero-order valence-electron chi connectivity index (χ0n) is 12.7. The van der Waals surface area contributed by atoms with Gasteiger partial charge in [-0.3, -0.25) is 4.79 Å². The van der Waals surface area contributed by atoms with E-state index in [4.69, 9.17) is 0 Å². The molecule has 0 spiro atoms. The highest BCUT2D eigenvalue weighted by molar-refractivity contribution is 5.91. The van der Waals surface area contributed by atoms with Crippen LogP contribution in [0.4, 0.5) is 4.39 Å². The van der Waals surface area contributed by atoms with E-state index in [0.29, 0.717) is 13.1 Å². The number of aromatic nitrogens is 3. The molecule has 1 aromatic heterocycles. The largest absolute Gasteiger partial charge is 0.393 e. The van der Waals surface area contributed by atoms with E-state index < -0.39 is 0 Å². The predicted molar refractivity (Wildman–Crippen MR) is 81.2 cm³/mol. The Balaban J connectivity index is 1.56. The summed E-state index contributed by atoms with van der Waals surface area (Å²) in [6, 6.07) is 6.21. The first-order valence-corrected chi connectivity index (χ1v) is 7.72. The molecule has 2 atom stereocenters. The lowest BCUT2D eigenvalue weighted by molar-refractivity contribution is 0.0912. The number of hydrogen-bond donors (Lipinski definition) is 2. The van der Waals surface area contributed by atoms with Gasteiger partial charge < -0.3 is 10.4 Å². The number of rotatable bonds is 5. The molecule has 1 aliphatic carbocycles. The minimum atomic E-state index is -0.334. The molecule has 0 bridgehead atoms. The summed E-state index contributed by atoms with van der Waals surface area (Å²) < 4.78 is 14.6. The van der Waals surface area contributed by atoms with Gasteiger partial charge in [0, 0.05) is 12.5 Å². The number of amides is 1. The average Bonchev–Trinajstić information content (AvgIpc) is 3.14. The number of nitrogens with zero attached hydrogens (tertiary/aromatic N) is 3. The molecule has 122 valence electrons. The van der Waals surface area contributed by atoms with Crippen molar-refractivity contribution in [2.45, 2.75) is 31.9 Å². The maximum Gasteiger partial charge on any atom is 0.273 e. The van der Waals surface area contributed by atoms with Gasteiger partial charge in [-0.15, -0.1) is 5.10 Å². The van der Waals surface area contributed by atoms with Crippen LogP contribution in [0.1, 0.15) is 35.3 Å². The van der Waals surface area contributed by atoms with E-state index in [0.717, 1.165) is 24.8 Å². The highest BCUT2D eigenvalue weighted by Crippen LogP contribution is 2.24. The number of carbonyl (C=O) groups excluding carboxylic acids is 1.